The van der Waals surface area contributed by atoms with Gasteiger partial charge in [0, 0.05) is 34.9 Å². The van der Waals surface area contributed by atoms with Crippen LogP contribution in [0, 0.1) is 5.41 Å². The van der Waals surface area contributed by atoms with Gasteiger partial charge in [-0.15, -0.1) is 11.3 Å². The molecule has 1 aromatic heterocycles. The van der Waals surface area contributed by atoms with Gasteiger partial charge in [0.2, 0.25) is 5.91 Å². The number of hydrogen-bond donors (Lipinski definition) is 1. The zero-order chi connectivity index (χ0) is 23.7. The zero-order valence-electron chi connectivity index (χ0n) is 19.4. The molecule has 0 spiro atoms. The first kappa shape index (κ1) is 22.2. The number of nitrogens with zero attached hydrogens (tertiary/aromatic N) is 1. The topological polar surface area (TPSA) is 60.5 Å². The predicted octanol–water partition coefficient (Wildman–Crippen LogP) is 6.65. The number of ether oxygens (including phenoxy) is 2. The van der Waals surface area contributed by atoms with Crippen LogP contribution >= 0.6 is 11.3 Å². The minimum atomic E-state index is -0.769. The van der Waals surface area contributed by atoms with E-state index in [0.29, 0.717) is 16.6 Å². The van der Waals surface area contributed by atoms with Gasteiger partial charge < -0.3 is 14.8 Å². The molecule has 1 aliphatic rings. The summed E-state index contributed by atoms with van der Waals surface area (Å²) in [5, 5.41) is 5.68. The Bertz CT molecular complexity index is 1330. The summed E-state index contributed by atoms with van der Waals surface area (Å²) >= 11 is 1.45. The van der Waals surface area contributed by atoms with Crippen molar-refractivity contribution in [1.82, 2.24) is 4.98 Å². The lowest BCUT2D eigenvalue weighted by atomic mass is 9.69. The monoisotopic (exact) mass is 470 g/mol. The third kappa shape index (κ3) is 4.17. The van der Waals surface area contributed by atoms with Gasteiger partial charge in [-0.2, -0.15) is 0 Å². The van der Waals surface area contributed by atoms with Crippen LogP contribution < -0.4 is 14.8 Å². The van der Waals surface area contributed by atoms with E-state index in [1.807, 2.05) is 79.9 Å². The molecule has 3 aromatic carbocycles. The molecule has 1 amide bonds. The number of carbonyl (C=O) groups is 1. The third-order valence-electron chi connectivity index (χ3n) is 6.29. The first-order valence-electron chi connectivity index (χ1n) is 11.2. The quantitative estimate of drug-likeness (QED) is 0.343. The molecule has 5 nitrogen and oxygen atoms in total. The number of methoxy groups -OCH3 is 1. The number of thiazole rings is 1. The Hall–Kier alpha value is -3.64. The molecule has 0 saturated carbocycles. The number of carbonyl (C=O) groups excluding carboxylic acids is 1. The van der Waals surface area contributed by atoms with Crippen LogP contribution in [0.15, 0.2) is 78.2 Å². The average molecular weight is 471 g/mol. The molecule has 1 unspecified atom stereocenters. The number of aromatic nitrogens is 1. The summed E-state index contributed by atoms with van der Waals surface area (Å²) in [5.74, 6) is 1.91. The maximum atomic E-state index is 13.6. The molecule has 1 aliphatic heterocycles. The predicted molar refractivity (Wildman–Crippen MR) is 135 cm³/mol. The number of rotatable bonds is 6. The molecule has 0 fully saturated rings. The lowest BCUT2D eigenvalue weighted by Gasteiger charge is -2.38. The van der Waals surface area contributed by atoms with Crippen LogP contribution in [0.1, 0.15) is 42.1 Å². The molecule has 1 N–H and O–H groups in total. The molecule has 0 saturated heterocycles. The van der Waals surface area contributed by atoms with Gasteiger partial charge in [0.25, 0.3) is 0 Å². The highest BCUT2D eigenvalue weighted by molar-refractivity contribution is 7.13. The average Bonchev–Trinajstić information content (AvgIpc) is 3.29. The maximum absolute atomic E-state index is 13.6. The molecule has 0 radical (unpaired) electrons. The number of amides is 1. The Balaban J connectivity index is 1.43. The molecule has 1 atom stereocenters. The van der Waals surface area contributed by atoms with Crippen molar-refractivity contribution >= 4 is 22.4 Å². The van der Waals surface area contributed by atoms with Crippen LogP contribution in [0.5, 0.6) is 17.2 Å². The third-order valence-corrected chi connectivity index (χ3v) is 7.10. The van der Waals surface area contributed by atoms with E-state index < -0.39 is 5.41 Å². The van der Waals surface area contributed by atoms with Gasteiger partial charge in [-0.3, -0.25) is 4.79 Å². The fraction of sp³-hybridized carbons (Fsp3) is 0.214. The molecule has 4 aromatic rings. The van der Waals surface area contributed by atoms with E-state index in [2.05, 4.69) is 22.4 Å². The van der Waals surface area contributed by atoms with Gasteiger partial charge in [0.1, 0.15) is 17.2 Å². The van der Waals surface area contributed by atoms with Crippen molar-refractivity contribution < 1.29 is 14.3 Å². The fourth-order valence-electron chi connectivity index (χ4n) is 4.48. The largest absolute Gasteiger partial charge is 0.497 e. The number of nitrogens with one attached hydrogen (secondary N) is 1. The van der Waals surface area contributed by atoms with E-state index in [1.165, 1.54) is 16.9 Å². The number of para-hydroxylation sites is 1. The fourth-order valence-corrected chi connectivity index (χ4v) is 5.19. The molecule has 6 heteroatoms. The second kappa shape index (κ2) is 8.95. The molecular formula is C28H26N2O3S. The Morgan fingerprint density at radius 3 is 2.56 bits per heavy atom. The minimum Gasteiger partial charge on any atom is -0.497 e. The lowest BCUT2D eigenvalue weighted by Crippen LogP contribution is -2.38. The van der Waals surface area contributed by atoms with Crippen molar-refractivity contribution in [2.24, 2.45) is 5.41 Å². The number of fused-ring (bicyclic) bond motifs is 2. The van der Waals surface area contributed by atoms with E-state index in [0.717, 1.165) is 29.0 Å². The summed E-state index contributed by atoms with van der Waals surface area (Å²) < 4.78 is 11.6. The van der Waals surface area contributed by atoms with Crippen LogP contribution in [0.25, 0.3) is 0 Å². The highest BCUT2D eigenvalue weighted by atomic mass is 32.1. The highest BCUT2D eigenvalue weighted by Crippen LogP contribution is 2.52. The highest BCUT2D eigenvalue weighted by Gasteiger charge is 2.43. The van der Waals surface area contributed by atoms with Crippen LogP contribution in [0.3, 0.4) is 0 Å². The van der Waals surface area contributed by atoms with Gasteiger partial charge in [-0.1, -0.05) is 68.4 Å². The van der Waals surface area contributed by atoms with Crippen molar-refractivity contribution in [3.8, 4) is 17.2 Å². The van der Waals surface area contributed by atoms with Gasteiger partial charge in [0.15, 0.2) is 5.13 Å². The molecular weight excluding hydrogens is 444 g/mol. The Kier molecular flexibility index (Phi) is 5.84. The van der Waals surface area contributed by atoms with E-state index in [4.69, 9.17) is 9.47 Å². The van der Waals surface area contributed by atoms with Crippen molar-refractivity contribution in [2.75, 3.05) is 12.4 Å². The van der Waals surface area contributed by atoms with E-state index >= 15 is 0 Å². The van der Waals surface area contributed by atoms with Gasteiger partial charge in [0.05, 0.1) is 18.2 Å². The summed E-state index contributed by atoms with van der Waals surface area (Å²) in [5.41, 5.74) is 3.32. The molecule has 34 heavy (non-hydrogen) atoms. The van der Waals surface area contributed by atoms with E-state index in [-0.39, 0.29) is 11.8 Å². The first-order chi connectivity index (χ1) is 16.5. The Labute approximate surface area is 203 Å². The second-order valence-electron chi connectivity index (χ2n) is 8.96. The molecule has 172 valence electrons. The van der Waals surface area contributed by atoms with E-state index in [1.54, 1.807) is 7.11 Å². The standard InChI is InChI=1S/C28H26N2O3S/c1-28(2,26(31)30-27-29-19(17-34-27)15-18-9-5-4-6-10-18)25-21-11-7-8-12-23(21)33-24-16-20(32-3)13-14-22(24)25/h4-14,16-17,25H,15H2,1-3H3,(H,29,30,31). The number of anilines is 1. The zero-order valence-corrected chi connectivity index (χ0v) is 20.2. The molecule has 2 heterocycles. The minimum absolute atomic E-state index is 0.0865. The Morgan fingerprint density at radius 2 is 1.76 bits per heavy atom. The van der Waals surface area contributed by atoms with Gasteiger partial charge in [-0.25, -0.2) is 4.98 Å². The molecule has 0 bridgehead atoms. The SMILES string of the molecule is COc1ccc2c(c1)Oc1ccccc1C2C(C)(C)C(=O)Nc1nc(Cc2ccccc2)cs1. The Morgan fingerprint density at radius 1 is 1.03 bits per heavy atom. The number of hydrogen-bond acceptors (Lipinski definition) is 5. The van der Waals surface area contributed by atoms with Crippen molar-refractivity contribution in [3.05, 3.63) is 101 Å². The summed E-state index contributed by atoms with van der Waals surface area (Å²) in [7, 11) is 1.63. The van der Waals surface area contributed by atoms with Crippen molar-refractivity contribution in [3.63, 3.8) is 0 Å². The summed E-state index contributed by atoms with van der Waals surface area (Å²) in [4.78, 5) is 18.3. The molecule has 0 aliphatic carbocycles. The molecule has 5 rings (SSSR count). The first-order valence-corrected chi connectivity index (χ1v) is 12.1. The van der Waals surface area contributed by atoms with Crippen LogP contribution in [0.4, 0.5) is 5.13 Å². The smallest absolute Gasteiger partial charge is 0.232 e. The van der Waals surface area contributed by atoms with Crippen LogP contribution in [-0.2, 0) is 11.2 Å². The summed E-state index contributed by atoms with van der Waals surface area (Å²) in [6.07, 6.45) is 0.735. The maximum Gasteiger partial charge on any atom is 0.232 e. The van der Waals surface area contributed by atoms with Crippen molar-refractivity contribution in [2.45, 2.75) is 26.2 Å². The second-order valence-corrected chi connectivity index (χ2v) is 9.82. The van der Waals surface area contributed by atoms with Crippen molar-refractivity contribution in [1.29, 1.82) is 0 Å². The van der Waals surface area contributed by atoms with Gasteiger partial charge >= 0.3 is 0 Å². The summed E-state index contributed by atoms with van der Waals surface area (Å²) in [6.45, 7) is 3.95. The normalized spacial score (nSPS) is 14.5. The van der Waals surface area contributed by atoms with Crippen LogP contribution in [0.2, 0.25) is 0 Å². The van der Waals surface area contributed by atoms with E-state index in [9.17, 15) is 4.79 Å². The van der Waals surface area contributed by atoms with Gasteiger partial charge in [-0.05, 0) is 17.7 Å². The lowest BCUT2D eigenvalue weighted by molar-refractivity contribution is -0.124. The summed E-state index contributed by atoms with van der Waals surface area (Å²) in [6, 6.07) is 23.9. The number of benzene rings is 3. The van der Waals surface area contributed by atoms with Crippen LogP contribution in [-0.4, -0.2) is 18.0 Å².